The first kappa shape index (κ1) is 19.6. The molecule has 7 nitrogen and oxygen atoms in total. The molecule has 0 aliphatic heterocycles. The zero-order chi connectivity index (χ0) is 17.9. The van der Waals surface area contributed by atoms with Crippen molar-refractivity contribution in [3.05, 3.63) is 17.7 Å². The van der Waals surface area contributed by atoms with Crippen LogP contribution in [-0.4, -0.2) is 46.2 Å². The minimum absolute atomic E-state index is 0.0753. The molecule has 0 aliphatic rings. The highest BCUT2D eigenvalue weighted by molar-refractivity contribution is 5.95. The van der Waals surface area contributed by atoms with E-state index < -0.39 is 0 Å². The molecule has 0 unspecified atom stereocenters. The first-order chi connectivity index (χ1) is 11.6. The summed E-state index contributed by atoms with van der Waals surface area (Å²) in [6.07, 6.45) is 2.21. The Morgan fingerprint density at radius 1 is 0.958 bits per heavy atom. The number of hydrogen-bond acceptors (Lipinski definition) is 5. The van der Waals surface area contributed by atoms with Crippen molar-refractivity contribution in [1.82, 2.24) is 10.6 Å². The van der Waals surface area contributed by atoms with Gasteiger partial charge in [0.15, 0.2) is 11.5 Å². The molecule has 7 heteroatoms. The van der Waals surface area contributed by atoms with Crippen LogP contribution in [0.15, 0.2) is 12.1 Å². The largest absolute Gasteiger partial charge is 0.493 e. The van der Waals surface area contributed by atoms with E-state index >= 15 is 0 Å². The zero-order valence-corrected chi connectivity index (χ0v) is 14.7. The Balaban J connectivity index is 2.63. The molecule has 2 N–H and O–H groups in total. The number of hydrogen-bond donors (Lipinski definition) is 2. The van der Waals surface area contributed by atoms with Crippen molar-refractivity contribution in [3.63, 3.8) is 0 Å². The minimum Gasteiger partial charge on any atom is -0.493 e. The number of rotatable bonds is 10. The molecule has 0 saturated carbocycles. The average Bonchev–Trinajstić information content (AvgIpc) is 2.60. The number of ether oxygens (including phenoxy) is 3. The lowest BCUT2D eigenvalue weighted by Crippen LogP contribution is -2.31. The van der Waals surface area contributed by atoms with Crippen LogP contribution >= 0.6 is 0 Å². The normalized spacial score (nSPS) is 10.0. The van der Waals surface area contributed by atoms with Crippen LogP contribution in [-0.2, 0) is 4.79 Å². The van der Waals surface area contributed by atoms with Crippen molar-refractivity contribution >= 4 is 11.8 Å². The van der Waals surface area contributed by atoms with E-state index in [0.717, 1.165) is 12.8 Å². The van der Waals surface area contributed by atoms with Crippen molar-refractivity contribution < 1.29 is 23.8 Å². The van der Waals surface area contributed by atoms with Crippen molar-refractivity contribution in [2.24, 2.45) is 0 Å². The van der Waals surface area contributed by atoms with E-state index in [-0.39, 0.29) is 24.8 Å². The minimum atomic E-state index is -0.310. The topological polar surface area (TPSA) is 85.9 Å². The van der Waals surface area contributed by atoms with E-state index in [2.05, 4.69) is 17.6 Å². The summed E-state index contributed by atoms with van der Waals surface area (Å²) in [4.78, 5) is 23.8. The summed E-state index contributed by atoms with van der Waals surface area (Å²) >= 11 is 0. The van der Waals surface area contributed by atoms with Crippen LogP contribution in [0.3, 0.4) is 0 Å². The third-order valence-corrected chi connectivity index (χ3v) is 3.42. The molecule has 1 aromatic carbocycles. The van der Waals surface area contributed by atoms with Gasteiger partial charge in [-0.3, -0.25) is 9.59 Å². The molecule has 1 aromatic rings. The Bertz CT molecular complexity index is 535. The van der Waals surface area contributed by atoms with E-state index in [4.69, 9.17) is 14.2 Å². The van der Waals surface area contributed by atoms with Gasteiger partial charge in [0.2, 0.25) is 11.7 Å². The van der Waals surface area contributed by atoms with Gasteiger partial charge >= 0.3 is 0 Å². The molecule has 0 fully saturated rings. The van der Waals surface area contributed by atoms with Gasteiger partial charge in [0.25, 0.3) is 5.91 Å². The van der Waals surface area contributed by atoms with Crippen LogP contribution in [0.1, 0.15) is 36.5 Å². The Hall–Kier alpha value is -2.44. The maximum Gasteiger partial charge on any atom is 0.251 e. The molecular weight excluding hydrogens is 312 g/mol. The molecule has 24 heavy (non-hydrogen) atoms. The van der Waals surface area contributed by atoms with Crippen molar-refractivity contribution in [2.45, 2.75) is 26.2 Å². The van der Waals surface area contributed by atoms with Crippen LogP contribution < -0.4 is 24.8 Å². The second kappa shape index (κ2) is 10.4. The Morgan fingerprint density at radius 2 is 1.58 bits per heavy atom. The average molecular weight is 338 g/mol. The fourth-order valence-electron chi connectivity index (χ4n) is 2.10. The second-order valence-electron chi connectivity index (χ2n) is 5.12. The second-order valence-corrected chi connectivity index (χ2v) is 5.12. The molecule has 0 spiro atoms. The number of carbonyl (C=O) groups is 2. The summed E-state index contributed by atoms with van der Waals surface area (Å²) in [6.45, 7) is 2.98. The number of nitrogens with one attached hydrogen (secondary N) is 2. The summed E-state index contributed by atoms with van der Waals surface area (Å²) in [5, 5.41) is 5.51. The lowest BCUT2D eigenvalue weighted by atomic mass is 10.1. The third kappa shape index (κ3) is 5.64. The molecule has 0 aromatic heterocycles. The van der Waals surface area contributed by atoms with Gasteiger partial charge in [0.05, 0.1) is 21.3 Å². The predicted molar refractivity (Wildman–Crippen MR) is 91.0 cm³/mol. The summed E-state index contributed by atoms with van der Waals surface area (Å²) in [7, 11) is 4.47. The van der Waals surface area contributed by atoms with Crippen molar-refractivity contribution in [2.75, 3.05) is 34.4 Å². The first-order valence-electron chi connectivity index (χ1n) is 7.92. The number of benzene rings is 1. The standard InChI is InChI=1S/C17H26N2O5/c1-5-6-8-18-15(20)7-9-19-17(21)12-10-13(22-2)16(24-4)14(11-12)23-3/h10-11H,5-9H2,1-4H3,(H,18,20)(H,19,21). The third-order valence-electron chi connectivity index (χ3n) is 3.42. The highest BCUT2D eigenvalue weighted by Gasteiger charge is 2.16. The van der Waals surface area contributed by atoms with E-state index in [1.165, 1.54) is 21.3 Å². The number of unbranched alkanes of at least 4 members (excludes halogenated alkanes) is 1. The Kier molecular flexibility index (Phi) is 8.46. The lowest BCUT2D eigenvalue weighted by molar-refractivity contribution is -0.120. The van der Waals surface area contributed by atoms with Crippen LogP contribution in [0.2, 0.25) is 0 Å². The number of methoxy groups -OCH3 is 3. The highest BCUT2D eigenvalue weighted by atomic mass is 16.5. The molecule has 0 bridgehead atoms. The van der Waals surface area contributed by atoms with Gasteiger partial charge in [-0.1, -0.05) is 13.3 Å². The van der Waals surface area contributed by atoms with E-state index in [1.54, 1.807) is 12.1 Å². The summed E-state index contributed by atoms with van der Waals surface area (Å²) in [5.74, 6) is 0.842. The fraction of sp³-hybridized carbons (Fsp3) is 0.529. The lowest BCUT2D eigenvalue weighted by Gasteiger charge is -2.14. The number of carbonyl (C=O) groups excluding carboxylic acids is 2. The maximum atomic E-state index is 12.2. The molecule has 2 amide bonds. The highest BCUT2D eigenvalue weighted by Crippen LogP contribution is 2.38. The van der Waals surface area contributed by atoms with Gasteiger partial charge in [-0.25, -0.2) is 0 Å². The Morgan fingerprint density at radius 3 is 2.08 bits per heavy atom. The van der Waals surface area contributed by atoms with Gasteiger partial charge in [-0.2, -0.15) is 0 Å². The molecule has 0 radical (unpaired) electrons. The summed E-state index contributed by atoms with van der Waals surface area (Å²) < 4.78 is 15.7. The van der Waals surface area contributed by atoms with Gasteiger partial charge in [-0.05, 0) is 18.6 Å². The van der Waals surface area contributed by atoms with Gasteiger partial charge in [0, 0.05) is 25.1 Å². The summed E-state index contributed by atoms with van der Waals surface area (Å²) in [5.41, 5.74) is 0.371. The van der Waals surface area contributed by atoms with Gasteiger partial charge in [0.1, 0.15) is 0 Å². The molecule has 0 atom stereocenters. The van der Waals surface area contributed by atoms with E-state index in [9.17, 15) is 9.59 Å². The van der Waals surface area contributed by atoms with Gasteiger partial charge in [-0.15, -0.1) is 0 Å². The smallest absolute Gasteiger partial charge is 0.251 e. The fourth-order valence-corrected chi connectivity index (χ4v) is 2.10. The maximum absolute atomic E-state index is 12.2. The Labute approximate surface area is 142 Å². The van der Waals surface area contributed by atoms with Crippen LogP contribution in [0.4, 0.5) is 0 Å². The zero-order valence-electron chi connectivity index (χ0n) is 14.7. The molecule has 0 aliphatic carbocycles. The van der Waals surface area contributed by atoms with E-state index in [0.29, 0.717) is 29.4 Å². The number of amides is 2. The predicted octanol–water partition coefficient (Wildman–Crippen LogP) is 1.75. The SMILES string of the molecule is CCCCNC(=O)CCNC(=O)c1cc(OC)c(OC)c(OC)c1. The van der Waals surface area contributed by atoms with Crippen LogP contribution in [0, 0.1) is 0 Å². The van der Waals surface area contributed by atoms with E-state index in [1.807, 2.05) is 0 Å². The molecule has 0 saturated heterocycles. The molecular formula is C17H26N2O5. The van der Waals surface area contributed by atoms with Crippen molar-refractivity contribution in [3.8, 4) is 17.2 Å². The first-order valence-corrected chi connectivity index (χ1v) is 7.92. The molecule has 134 valence electrons. The van der Waals surface area contributed by atoms with Crippen LogP contribution in [0.25, 0.3) is 0 Å². The quantitative estimate of drug-likeness (QED) is 0.635. The van der Waals surface area contributed by atoms with Crippen LogP contribution in [0.5, 0.6) is 17.2 Å². The summed E-state index contributed by atoms with van der Waals surface area (Å²) in [6, 6.07) is 3.13. The van der Waals surface area contributed by atoms with Crippen molar-refractivity contribution in [1.29, 1.82) is 0 Å². The van der Waals surface area contributed by atoms with Gasteiger partial charge < -0.3 is 24.8 Å². The molecule has 0 heterocycles. The monoisotopic (exact) mass is 338 g/mol. The molecule has 1 rings (SSSR count).